The van der Waals surface area contributed by atoms with Crippen LogP contribution in [0.1, 0.15) is 5.56 Å². The molecule has 0 bridgehead atoms. The first-order chi connectivity index (χ1) is 11.6. The fourth-order valence-electron chi connectivity index (χ4n) is 3.00. The highest BCUT2D eigenvalue weighted by Crippen LogP contribution is 2.32. The Morgan fingerprint density at radius 1 is 1.17 bits per heavy atom. The predicted octanol–water partition coefficient (Wildman–Crippen LogP) is -0.247. The third-order valence-electron chi connectivity index (χ3n) is 4.29. The largest absolute Gasteiger partial charge is 0.481 e. The number of amides is 1. The Labute approximate surface area is 139 Å². The maximum Gasteiger partial charge on any atom is 0.309 e. The lowest BCUT2D eigenvalue weighted by Gasteiger charge is -2.21. The number of carbonyl (C=O) groups excluding carboxylic acids is 1. The number of hydrogen-bond acceptors (Lipinski definition) is 6. The molecular formula is C16H20N2O6. The molecule has 1 fully saturated rings. The zero-order valence-corrected chi connectivity index (χ0v) is 13.2. The second-order valence-corrected chi connectivity index (χ2v) is 5.96. The number of carboxylic acids is 1. The molecule has 0 spiro atoms. The third-order valence-corrected chi connectivity index (χ3v) is 4.29. The summed E-state index contributed by atoms with van der Waals surface area (Å²) in [4.78, 5) is 26.6. The number of carboxylic acid groups (broad SMARTS) is 1. The monoisotopic (exact) mass is 336 g/mol. The Morgan fingerprint density at radius 2 is 1.96 bits per heavy atom. The van der Waals surface area contributed by atoms with Gasteiger partial charge in [0.25, 0.3) is 0 Å². The zero-order chi connectivity index (χ0) is 17.1. The first kappa shape index (κ1) is 16.5. The standard InChI is InChI=1S/C16H20N2O6/c19-9-15(20)18-4-3-17(7-12(8-18)16(21)22)6-11-1-2-13-14(5-11)24-10-23-13/h1-2,5,12,19H,3-4,6-10H2,(H,21,22)/t12-/m1/s1. The van der Waals surface area contributed by atoms with Gasteiger partial charge in [0.1, 0.15) is 6.61 Å². The minimum atomic E-state index is -0.941. The van der Waals surface area contributed by atoms with Crippen molar-refractivity contribution >= 4 is 11.9 Å². The summed E-state index contributed by atoms with van der Waals surface area (Å²) in [5.74, 6) is -0.668. The fourth-order valence-corrected chi connectivity index (χ4v) is 3.00. The lowest BCUT2D eigenvalue weighted by atomic mass is 10.1. The normalized spacial score (nSPS) is 20.7. The van der Waals surface area contributed by atoms with Gasteiger partial charge in [-0.2, -0.15) is 0 Å². The van der Waals surface area contributed by atoms with Crippen molar-refractivity contribution in [1.29, 1.82) is 0 Å². The molecule has 1 saturated heterocycles. The first-order valence-electron chi connectivity index (χ1n) is 7.79. The quantitative estimate of drug-likeness (QED) is 0.782. The molecule has 0 radical (unpaired) electrons. The summed E-state index contributed by atoms with van der Waals surface area (Å²) in [6.07, 6.45) is 0. The summed E-state index contributed by atoms with van der Waals surface area (Å²) in [6, 6.07) is 5.65. The fraction of sp³-hybridized carbons (Fsp3) is 0.500. The number of hydrogen-bond donors (Lipinski definition) is 2. The number of nitrogens with zero attached hydrogens (tertiary/aromatic N) is 2. The van der Waals surface area contributed by atoms with E-state index in [-0.39, 0.29) is 13.3 Å². The predicted molar refractivity (Wildman–Crippen MR) is 82.6 cm³/mol. The second-order valence-electron chi connectivity index (χ2n) is 5.96. The van der Waals surface area contributed by atoms with E-state index in [0.29, 0.717) is 37.7 Å². The highest BCUT2D eigenvalue weighted by molar-refractivity contribution is 5.78. The van der Waals surface area contributed by atoms with Gasteiger partial charge in [-0.05, 0) is 17.7 Å². The number of aliphatic carboxylic acids is 1. The summed E-state index contributed by atoms with van der Waals surface area (Å²) >= 11 is 0. The maximum atomic E-state index is 11.7. The van der Waals surface area contributed by atoms with E-state index in [0.717, 1.165) is 5.56 Å². The van der Waals surface area contributed by atoms with Crippen molar-refractivity contribution in [3.63, 3.8) is 0 Å². The van der Waals surface area contributed by atoms with Gasteiger partial charge >= 0.3 is 5.97 Å². The van der Waals surface area contributed by atoms with Crippen molar-refractivity contribution < 1.29 is 29.3 Å². The molecule has 2 aliphatic heterocycles. The lowest BCUT2D eigenvalue weighted by molar-refractivity contribution is -0.144. The van der Waals surface area contributed by atoms with Crippen molar-refractivity contribution in [2.24, 2.45) is 5.92 Å². The van der Waals surface area contributed by atoms with E-state index in [1.54, 1.807) is 0 Å². The molecule has 1 aromatic rings. The molecule has 1 aromatic carbocycles. The SMILES string of the molecule is O=C(O)[C@@H]1CN(Cc2ccc3c(c2)OCO3)CCN(C(=O)CO)C1. The van der Waals surface area contributed by atoms with Crippen LogP contribution in [0.2, 0.25) is 0 Å². The van der Waals surface area contributed by atoms with Gasteiger partial charge < -0.3 is 24.6 Å². The molecule has 1 amide bonds. The smallest absolute Gasteiger partial charge is 0.309 e. The molecule has 0 aromatic heterocycles. The maximum absolute atomic E-state index is 11.7. The Hall–Kier alpha value is -2.32. The van der Waals surface area contributed by atoms with Gasteiger partial charge in [-0.3, -0.25) is 14.5 Å². The van der Waals surface area contributed by atoms with Crippen LogP contribution in [0, 0.1) is 5.92 Å². The molecule has 0 saturated carbocycles. The van der Waals surface area contributed by atoms with E-state index < -0.39 is 24.4 Å². The van der Waals surface area contributed by atoms with E-state index in [4.69, 9.17) is 14.6 Å². The minimum Gasteiger partial charge on any atom is -0.481 e. The van der Waals surface area contributed by atoms with Crippen molar-refractivity contribution in [3.05, 3.63) is 23.8 Å². The summed E-state index contributed by atoms with van der Waals surface area (Å²) in [5.41, 5.74) is 0.991. The van der Waals surface area contributed by atoms with Crippen molar-refractivity contribution in [1.82, 2.24) is 9.80 Å². The number of aliphatic hydroxyl groups excluding tert-OH is 1. The van der Waals surface area contributed by atoms with Crippen LogP contribution in [-0.4, -0.2) is 71.5 Å². The highest BCUT2D eigenvalue weighted by Gasteiger charge is 2.29. The topological polar surface area (TPSA) is 99.5 Å². The molecule has 8 nitrogen and oxygen atoms in total. The molecule has 0 aliphatic carbocycles. The van der Waals surface area contributed by atoms with Gasteiger partial charge in [0, 0.05) is 32.7 Å². The highest BCUT2D eigenvalue weighted by atomic mass is 16.7. The first-order valence-corrected chi connectivity index (χ1v) is 7.79. The minimum absolute atomic E-state index is 0.117. The van der Waals surface area contributed by atoms with Gasteiger partial charge in [0.2, 0.25) is 12.7 Å². The number of ether oxygens (including phenoxy) is 2. The number of aliphatic hydroxyl groups is 1. The molecule has 3 rings (SSSR count). The van der Waals surface area contributed by atoms with E-state index in [9.17, 15) is 14.7 Å². The Morgan fingerprint density at radius 3 is 2.71 bits per heavy atom. The molecule has 0 unspecified atom stereocenters. The van der Waals surface area contributed by atoms with Crippen LogP contribution in [0.5, 0.6) is 11.5 Å². The Balaban J connectivity index is 1.70. The molecule has 24 heavy (non-hydrogen) atoms. The zero-order valence-electron chi connectivity index (χ0n) is 13.2. The average molecular weight is 336 g/mol. The number of carbonyl (C=O) groups is 2. The van der Waals surface area contributed by atoms with Crippen molar-refractivity contribution in [3.8, 4) is 11.5 Å². The summed E-state index contributed by atoms with van der Waals surface area (Å²) in [5, 5.41) is 18.4. The van der Waals surface area contributed by atoms with Crippen molar-refractivity contribution in [2.75, 3.05) is 39.6 Å². The summed E-state index contributed by atoms with van der Waals surface area (Å²) in [7, 11) is 0. The number of rotatable bonds is 4. The van der Waals surface area contributed by atoms with Crippen LogP contribution in [0.25, 0.3) is 0 Å². The van der Waals surface area contributed by atoms with E-state index in [1.807, 2.05) is 23.1 Å². The van der Waals surface area contributed by atoms with Crippen LogP contribution < -0.4 is 9.47 Å². The molecular weight excluding hydrogens is 316 g/mol. The van der Waals surface area contributed by atoms with Crippen molar-refractivity contribution in [2.45, 2.75) is 6.54 Å². The molecule has 8 heteroatoms. The van der Waals surface area contributed by atoms with E-state index in [2.05, 4.69) is 0 Å². The van der Waals surface area contributed by atoms with Gasteiger partial charge in [-0.15, -0.1) is 0 Å². The molecule has 2 N–H and O–H groups in total. The summed E-state index contributed by atoms with van der Waals surface area (Å²) in [6.45, 7) is 1.57. The molecule has 2 heterocycles. The second kappa shape index (κ2) is 7.06. The average Bonchev–Trinajstić information content (AvgIpc) is 2.93. The molecule has 130 valence electrons. The summed E-state index contributed by atoms with van der Waals surface area (Å²) < 4.78 is 10.6. The molecule has 2 aliphatic rings. The van der Waals surface area contributed by atoms with Crippen LogP contribution >= 0.6 is 0 Å². The molecule has 1 atom stereocenters. The van der Waals surface area contributed by atoms with Crippen LogP contribution in [0.4, 0.5) is 0 Å². The van der Waals surface area contributed by atoms with Crippen LogP contribution in [0.3, 0.4) is 0 Å². The van der Waals surface area contributed by atoms with E-state index in [1.165, 1.54) is 4.90 Å². The Bertz CT molecular complexity index is 635. The van der Waals surface area contributed by atoms with Gasteiger partial charge in [0.05, 0.1) is 5.92 Å². The van der Waals surface area contributed by atoms with Gasteiger partial charge in [-0.25, -0.2) is 0 Å². The number of fused-ring (bicyclic) bond motifs is 1. The third kappa shape index (κ3) is 3.60. The van der Waals surface area contributed by atoms with Gasteiger partial charge in [0.15, 0.2) is 11.5 Å². The van der Waals surface area contributed by atoms with Crippen LogP contribution in [-0.2, 0) is 16.1 Å². The lowest BCUT2D eigenvalue weighted by Crippen LogP contribution is -2.39. The Kier molecular flexibility index (Phi) is 4.86. The van der Waals surface area contributed by atoms with Gasteiger partial charge in [-0.1, -0.05) is 6.07 Å². The number of benzene rings is 1. The van der Waals surface area contributed by atoms with E-state index >= 15 is 0 Å². The van der Waals surface area contributed by atoms with Crippen LogP contribution in [0.15, 0.2) is 18.2 Å².